The molecule has 0 atom stereocenters. The lowest BCUT2D eigenvalue weighted by Crippen LogP contribution is -2.22. The van der Waals surface area contributed by atoms with Gasteiger partial charge in [-0.2, -0.15) is 0 Å². The van der Waals surface area contributed by atoms with E-state index in [9.17, 15) is 0 Å². The van der Waals surface area contributed by atoms with Gasteiger partial charge in [-0.1, -0.05) is 127 Å². The van der Waals surface area contributed by atoms with Crippen LogP contribution in [0.2, 0.25) is 0 Å². The lowest BCUT2D eigenvalue weighted by Gasteiger charge is -2.27. The molecule has 7 rings (SSSR count). The molecule has 0 heterocycles. The van der Waals surface area contributed by atoms with Gasteiger partial charge in [0.25, 0.3) is 0 Å². The van der Waals surface area contributed by atoms with Crippen molar-refractivity contribution in [3.63, 3.8) is 0 Å². The van der Waals surface area contributed by atoms with Crippen LogP contribution in [0, 0.1) is 0 Å². The van der Waals surface area contributed by atoms with Crippen LogP contribution in [0.15, 0.2) is 127 Å². The van der Waals surface area contributed by atoms with Crippen molar-refractivity contribution in [1.29, 1.82) is 0 Å². The summed E-state index contributed by atoms with van der Waals surface area (Å²) in [4.78, 5) is 0. The Morgan fingerprint density at radius 2 is 1.00 bits per heavy atom. The average Bonchev–Trinajstić information content (AvgIpc) is 2.94. The summed E-state index contributed by atoms with van der Waals surface area (Å²) < 4.78 is 0. The third-order valence-electron chi connectivity index (χ3n) is 7.31. The smallest absolute Gasteiger partial charge is 0.00186 e. The third-order valence-corrected chi connectivity index (χ3v) is 9.79. The van der Waals surface area contributed by atoms with Crippen LogP contribution in [0.25, 0.3) is 32.7 Å². The maximum atomic E-state index is 2.38. The van der Waals surface area contributed by atoms with Crippen LogP contribution in [0.4, 0.5) is 0 Å². The summed E-state index contributed by atoms with van der Waals surface area (Å²) >= 11 is 0. The Morgan fingerprint density at radius 3 is 1.71 bits per heavy atom. The Hall–Kier alpha value is -3.73. The highest BCUT2D eigenvalue weighted by atomic mass is 31.1. The summed E-state index contributed by atoms with van der Waals surface area (Å²) in [6, 6.07) is 47.3. The Balaban J connectivity index is 1.61. The molecule has 0 N–H and O–H groups in total. The minimum atomic E-state index is -0.693. The van der Waals surface area contributed by atoms with E-state index in [2.05, 4.69) is 127 Å². The zero-order chi connectivity index (χ0) is 23.2. The van der Waals surface area contributed by atoms with Gasteiger partial charge < -0.3 is 0 Å². The first-order chi connectivity index (χ1) is 17.4. The fourth-order valence-electron chi connectivity index (χ4n) is 5.75. The van der Waals surface area contributed by atoms with Crippen molar-refractivity contribution in [2.75, 3.05) is 0 Å². The minimum Gasteiger partial charge on any atom is -0.0622 e. The van der Waals surface area contributed by atoms with Crippen molar-refractivity contribution in [2.45, 2.75) is 12.8 Å². The summed E-state index contributed by atoms with van der Waals surface area (Å²) in [6.45, 7) is 0. The number of benzene rings is 6. The molecule has 0 spiro atoms. The Kier molecular flexibility index (Phi) is 5.00. The van der Waals surface area contributed by atoms with Gasteiger partial charge in [0.15, 0.2) is 0 Å². The largest absolute Gasteiger partial charge is 0.0622 e. The van der Waals surface area contributed by atoms with Crippen LogP contribution in [-0.4, -0.2) is 0 Å². The van der Waals surface area contributed by atoms with Crippen molar-refractivity contribution < 1.29 is 0 Å². The topological polar surface area (TPSA) is 0 Å². The van der Waals surface area contributed by atoms with E-state index in [4.69, 9.17) is 0 Å². The van der Waals surface area contributed by atoms with E-state index in [0.29, 0.717) is 0 Å². The molecule has 0 unspecified atom stereocenters. The van der Waals surface area contributed by atoms with Crippen LogP contribution < -0.4 is 15.9 Å². The zero-order valence-corrected chi connectivity index (χ0v) is 20.4. The van der Waals surface area contributed by atoms with E-state index < -0.39 is 7.92 Å². The fraction of sp³-hybridized carbons (Fsp3) is 0.0588. The van der Waals surface area contributed by atoms with Gasteiger partial charge in [-0.15, -0.1) is 0 Å². The normalized spacial score (nSPS) is 12.6. The van der Waals surface area contributed by atoms with Crippen LogP contribution in [0.3, 0.4) is 0 Å². The second kappa shape index (κ2) is 8.49. The van der Waals surface area contributed by atoms with Crippen LogP contribution >= 0.6 is 7.92 Å². The summed E-state index contributed by atoms with van der Waals surface area (Å²) in [7, 11) is -0.693. The van der Waals surface area contributed by atoms with E-state index in [0.717, 1.165) is 12.8 Å². The molecule has 0 bridgehead atoms. The van der Waals surface area contributed by atoms with E-state index in [1.807, 2.05) is 0 Å². The van der Waals surface area contributed by atoms with Gasteiger partial charge in [-0.3, -0.25) is 0 Å². The highest BCUT2D eigenvalue weighted by Crippen LogP contribution is 2.45. The number of rotatable bonds is 3. The van der Waals surface area contributed by atoms with Crippen LogP contribution in [0.1, 0.15) is 11.1 Å². The van der Waals surface area contributed by atoms with Crippen molar-refractivity contribution in [3.05, 3.63) is 139 Å². The first-order valence-corrected chi connectivity index (χ1v) is 13.7. The highest BCUT2D eigenvalue weighted by molar-refractivity contribution is 7.80. The molecule has 6 aromatic rings. The predicted octanol–water partition coefficient (Wildman–Crippen LogP) is 7.52. The van der Waals surface area contributed by atoms with Gasteiger partial charge in [0.2, 0.25) is 0 Å². The quantitative estimate of drug-likeness (QED) is 0.238. The molecular formula is C34H25P. The van der Waals surface area contributed by atoms with Gasteiger partial charge in [-0.25, -0.2) is 0 Å². The van der Waals surface area contributed by atoms with Crippen LogP contribution in [-0.2, 0) is 12.8 Å². The van der Waals surface area contributed by atoms with Crippen molar-refractivity contribution in [3.8, 4) is 11.1 Å². The average molecular weight is 465 g/mol. The number of aryl methyl sites for hydroxylation is 2. The molecule has 166 valence electrons. The molecule has 0 saturated carbocycles. The molecule has 1 aliphatic rings. The molecule has 0 aromatic heterocycles. The van der Waals surface area contributed by atoms with E-state index >= 15 is 0 Å². The predicted molar refractivity (Wildman–Crippen MR) is 153 cm³/mol. The van der Waals surface area contributed by atoms with E-state index in [-0.39, 0.29) is 0 Å². The van der Waals surface area contributed by atoms with Crippen LogP contribution in [0.5, 0.6) is 0 Å². The molecule has 0 fully saturated rings. The summed E-state index contributed by atoms with van der Waals surface area (Å²) in [5, 5.41) is 9.70. The van der Waals surface area contributed by atoms with Crippen molar-refractivity contribution in [2.24, 2.45) is 0 Å². The molecule has 0 amide bonds. The Morgan fingerprint density at radius 1 is 0.429 bits per heavy atom. The second-order valence-electron chi connectivity index (χ2n) is 9.30. The molecule has 6 aromatic carbocycles. The highest BCUT2D eigenvalue weighted by Gasteiger charge is 2.25. The lowest BCUT2D eigenvalue weighted by molar-refractivity contribution is 0.948. The maximum Gasteiger partial charge on any atom is -0.00186 e. The lowest BCUT2D eigenvalue weighted by atomic mass is 9.80. The number of hydrogen-bond donors (Lipinski definition) is 0. The third kappa shape index (κ3) is 3.41. The molecule has 0 radical (unpaired) electrons. The van der Waals surface area contributed by atoms with Gasteiger partial charge in [0.05, 0.1) is 0 Å². The van der Waals surface area contributed by atoms with Gasteiger partial charge in [0, 0.05) is 0 Å². The van der Waals surface area contributed by atoms with Crippen molar-refractivity contribution in [1.82, 2.24) is 0 Å². The SMILES string of the molecule is c1ccc(P(c2ccccc2)c2cccc3ccc4c(c23)-c2c(ccc3ccccc23)CC4)cc1. The van der Waals surface area contributed by atoms with Crippen molar-refractivity contribution >= 4 is 45.4 Å². The monoisotopic (exact) mass is 464 g/mol. The zero-order valence-electron chi connectivity index (χ0n) is 19.5. The summed E-state index contributed by atoms with van der Waals surface area (Å²) in [5.74, 6) is 0. The molecule has 0 aliphatic heterocycles. The maximum absolute atomic E-state index is 2.38. The van der Waals surface area contributed by atoms with Gasteiger partial charge in [0.1, 0.15) is 0 Å². The molecule has 35 heavy (non-hydrogen) atoms. The summed E-state index contributed by atoms with van der Waals surface area (Å²) in [6.07, 6.45) is 2.20. The van der Waals surface area contributed by atoms with E-state index in [1.165, 1.54) is 59.7 Å². The molecular weight excluding hydrogens is 439 g/mol. The molecule has 0 nitrogen and oxygen atoms in total. The second-order valence-corrected chi connectivity index (χ2v) is 11.5. The summed E-state index contributed by atoms with van der Waals surface area (Å²) in [5.41, 5.74) is 5.85. The molecule has 1 heteroatoms. The number of hydrogen-bond acceptors (Lipinski definition) is 0. The first-order valence-electron chi connectivity index (χ1n) is 12.3. The molecule has 1 aliphatic carbocycles. The van der Waals surface area contributed by atoms with Gasteiger partial charge in [-0.05, 0) is 80.5 Å². The Labute approximate surface area is 207 Å². The minimum absolute atomic E-state index is 0.693. The standard InChI is InChI=1S/C34H25P/c1-3-12-28(13-4-1)35(29-14-5-2-6-15-29)31-17-9-11-25-20-22-27-23-21-26-19-18-24-10-7-8-16-30(24)32(26)34(27)33(25)31/h1-20,22H,21,23H2. The Bertz CT molecular complexity index is 1640. The number of fused-ring (bicyclic) bond motifs is 7. The first kappa shape index (κ1) is 20.6. The van der Waals surface area contributed by atoms with E-state index in [1.54, 1.807) is 0 Å². The fourth-order valence-corrected chi connectivity index (χ4v) is 8.25. The van der Waals surface area contributed by atoms with Gasteiger partial charge >= 0.3 is 0 Å². The molecule has 0 saturated heterocycles.